The van der Waals surface area contributed by atoms with Gasteiger partial charge in [-0.3, -0.25) is 0 Å². The van der Waals surface area contributed by atoms with E-state index in [0.29, 0.717) is 29.5 Å². The molecule has 84 valence electrons. The molecular formula is C12H12ClNO2. The lowest BCUT2D eigenvalue weighted by Crippen LogP contribution is -2.26. The van der Waals surface area contributed by atoms with Crippen LogP contribution in [0.25, 0.3) is 0 Å². The van der Waals surface area contributed by atoms with Gasteiger partial charge in [-0.05, 0) is 12.1 Å². The SMILES string of the molecule is N#Cc1c(Cl)cccc1OC1CCOCC1. The van der Waals surface area contributed by atoms with Crippen molar-refractivity contribution in [2.24, 2.45) is 0 Å². The molecule has 1 heterocycles. The molecule has 0 amide bonds. The second kappa shape index (κ2) is 5.20. The predicted molar refractivity (Wildman–Crippen MR) is 60.6 cm³/mol. The summed E-state index contributed by atoms with van der Waals surface area (Å²) in [5.41, 5.74) is 0.413. The maximum atomic E-state index is 8.99. The topological polar surface area (TPSA) is 42.2 Å². The predicted octanol–water partition coefficient (Wildman–Crippen LogP) is 2.77. The van der Waals surface area contributed by atoms with Crippen molar-refractivity contribution in [2.45, 2.75) is 18.9 Å². The van der Waals surface area contributed by atoms with Crippen molar-refractivity contribution in [1.29, 1.82) is 5.26 Å². The molecular weight excluding hydrogens is 226 g/mol. The van der Waals surface area contributed by atoms with E-state index in [1.165, 1.54) is 0 Å². The maximum absolute atomic E-state index is 8.99. The third-order valence-corrected chi connectivity index (χ3v) is 2.86. The molecule has 1 aliphatic rings. The average molecular weight is 238 g/mol. The summed E-state index contributed by atoms with van der Waals surface area (Å²) in [5, 5.41) is 9.43. The van der Waals surface area contributed by atoms with Crippen LogP contribution < -0.4 is 4.74 Å². The van der Waals surface area contributed by atoms with E-state index in [1.807, 2.05) is 0 Å². The Morgan fingerprint density at radius 3 is 2.81 bits per heavy atom. The van der Waals surface area contributed by atoms with E-state index in [9.17, 15) is 0 Å². The van der Waals surface area contributed by atoms with Gasteiger partial charge in [0, 0.05) is 12.8 Å². The third kappa shape index (κ3) is 2.46. The summed E-state index contributed by atoms with van der Waals surface area (Å²) in [6, 6.07) is 7.32. The second-order valence-corrected chi connectivity index (χ2v) is 4.06. The molecule has 1 saturated heterocycles. The number of ether oxygens (including phenoxy) is 2. The quantitative estimate of drug-likeness (QED) is 0.794. The molecule has 1 aromatic rings. The Hall–Kier alpha value is -1.24. The van der Waals surface area contributed by atoms with Crippen molar-refractivity contribution in [3.05, 3.63) is 28.8 Å². The Kier molecular flexibility index (Phi) is 3.66. The van der Waals surface area contributed by atoms with Crippen LogP contribution >= 0.6 is 11.6 Å². The number of rotatable bonds is 2. The second-order valence-electron chi connectivity index (χ2n) is 3.65. The third-order valence-electron chi connectivity index (χ3n) is 2.55. The summed E-state index contributed by atoms with van der Waals surface area (Å²) in [5.74, 6) is 0.571. The number of hydrogen-bond donors (Lipinski definition) is 0. The van der Waals surface area contributed by atoms with Gasteiger partial charge in [-0.25, -0.2) is 0 Å². The van der Waals surface area contributed by atoms with Crippen LogP contribution in [0.1, 0.15) is 18.4 Å². The minimum absolute atomic E-state index is 0.124. The Labute approximate surface area is 99.5 Å². The van der Waals surface area contributed by atoms with Crippen LogP contribution in [0.5, 0.6) is 5.75 Å². The van der Waals surface area contributed by atoms with E-state index in [-0.39, 0.29) is 6.10 Å². The average Bonchev–Trinajstić information content (AvgIpc) is 2.31. The molecule has 0 N–H and O–H groups in total. The van der Waals surface area contributed by atoms with Crippen LogP contribution in [0.4, 0.5) is 0 Å². The molecule has 16 heavy (non-hydrogen) atoms. The lowest BCUT2D eigenvalue weighted by molar-refractivity contribution is 0.0254. The largest absolute Gasteiger partial charge is 0.489 e. The van der Waals surface area contributed by atoms with E-state index >= 15 is 0 Å². The van der Waals surface area contributed by atoms with Crippen LogP contribution in [0, 0.1) is 11.3 Å². The van der Waals surface area contributed by atoms with Gasteiger partial charge in [-0.1, -0.05) is 17.7 Å². The Morgan fingerprint density at radius 1 is 1.38 bits per heavy atom. The summed E-state index contributed by atoms with van der Waals surface area (Å²) in [6.45, 7) is 1.43. The van der Waals surface area contributed by atoms with E-state index in [2.05, 4.69) is 6.07 Å². The highest BCUT2D eigenvalue weighted by Crippen LogP contribution is 2.27. The number of halogens is 1. The van der Waals surface area contributed by atoms with E-state index < -0.39 is 0 Å². The van der Waals surface area contributed by atoms with Crippen molar-refractivity contribution in [1.82, 2.24) is 0 Å². The fraction of sp³-hybridized carbons (Fsp3) is 0.417. The molecule has 4 heteroatoms. The summed E-state index contributed by atoms with van der Waals surface area (Å²) in [6.07, 6.45) is 1.84. The van der Waals surface area contributed by atoms with Gasteiger partial charge in [-0.15, -0.1) is 0 Å². The zero-order valence-electron chi connectivity index (χ0n) is 8.78. The van der Waals surface area contributed by atoms with Gasteiger partial charge in [0.2, 0.25) is 0 Å². The summed E-state index contributed by atoms with van der Waals surface area (Å²) in [7, 11) is 0. The monoisotopic (exact) mass is 237 g/mol. The Morgan fingerprint density at radius 2 is 2.12 bits per heavy atom. The molecule has 0 unspecified atom stereocenters. The fourth-order valence-corrected chi connectivity index (χ4v) is 1.89. The van der Waals surface area contributed by atoms with Crippen LogP contribution in [-0.4, -0.2) is 19.3 Å². The van der Waals surface area contributed by atoms with Gasteiger partial charge in [0.05, 0.1) is 18.2 Å². The minimum Gasteiger partial charge on any atom is -0.489 e. The summed E-state index contributed by atoms with van der Waals surface area (Å²) >= 11 is 5.92. The van der Waals surface area contributed by atoms with Crippen LogP contribution in [-0.2, 0) is 4.74 Å². The molecule has 0 aromatic heterocycles. The molecule has 0 bridgehead atoms. The van der Waals surface area contributed by atoms with Gasteiger partial charge < -0.3 is 9.47 Å². The van der Waals surface area contributed by atoms with Gasteiger partial charge >= 0.3 is 0 Å². The van der Waals surface area contributed by atoms with Crippen LogP contribution in [0.3, 0.4) is 0 Å². The highest BCUT2D eigenvalue weighted by Gasteiger charge is 2.17. The zero-order valence-corrected chi connectivity index (χ0v) is 9.54. The smallest absolute Gasteiger partial charge is 0.139 e. The van der Waals surface area contributed by atoms with E-state index in [4.69, 9.17) is 26.3 Å². The van der Waals surface area contributed by atoms with Crippen LogP contribution in [0.15, 0.2) is 18.2 Å². The molecule has 0 atom stereocenters. The van der Waals surface area contributed by atoms with Crippen molar-refractivity contribution in [3.8, 4) is 11.8 Å². The molecule has 1 fully saturated rings. The van der Waals surface area contributed by atoms with Crippen molar-refractivity contribution in [3.63, 3.8) is 0 Å². The maximum Gasteiger partial charge on any atom is 0.139 e. The molecule has 0 radical (unpaired) electrons. The molecule has 0 saturated carbocycles. The summed E-state index contributed by atoms with van der Waals surface area (Å²) < 4.78 is 11.0. The van der Waals surface area contributed by atoms with Crippen molar-refractivity contribution in [2.75, 3.05) is 13.2 Å². The first-order valence-electron chi connectivity index (χ1n) is 5.24. The first-order valence-corrected chi connectivity index (χ1v) is 5.62. The normalized spacial score (nSPS) is 16.8. The molecule has 3 nitrogen and oxygen atoms in total. The molecule has 1 aliphatic heterocycles. The van der Waals surface area contributed by atoms with E-state index in [1.54, 1.807) is 18.2 Å². The van der Waals surface area contributed by atoms with Gasteiger partial charge in [0.1, 0.15) is 23.5 Å². The highest BCUT2D eigenvalue weighted by atomic mass is 35.5. The molecule has 0 spiro atoms. The Balaban J connectivity index is 2.14. The van der Waals surface area contributed by atoms with Gasteiger partial charge in [0.15, 0.2) is 0 Å². The standard InChI is InChI=1S/C12H12ClNO2/c13-11-2-1-3-12(10(11)8-14)16-9-4-6-15-7-5-9/h1-3,9H,4-7H2. The Bertz CT molecular complexity index is 408. The van der Waals surface area contributed by atoms with Crippen molar-refractivity contribution < 1.29 is 9.47 Å². The molecule has 2 rings (SSSR count). The van der Waals surface area contributed by atoms with Crippen LogP contribution in [0.2, 0.25) is 5.02 Å². The number of nitriles is 1. The molecule has 0 aliphatic carbocycles. The molecule has 1 aromatic carbocycles. The zero-order chi connectivity index (χ0) is 11.4. The number of nitrogens with zero attached hydrogens (tertiary/aromatic N) is 1. The summed E-state index contributed by atoms with van der Waals surface area (Å²) in [4.78, 5) is 0. The lowest BCUT2D eigenvalue weighted by Gasteiger charge is -2.23. The lowest BCUT2D eigenvalue weighted by atomic mass is 10.1. The first kappa shape index (κ1) is 11.3. The number of benzene rings is 1. The fourth-order valence-electron chi connectivity index (χ4n) is 1.68. The van der Waals surface area contributed by atoms with Gasteiger partial charge in [-0.2, -0.15) is 5.26 Å². The minimum atomic E-state index is 0.124. The first-order chi connectivity index (χ1) is 7.81. The highest BCUT2D eigenvalue weighted by molar-refractivity contribution is 6.31. The van der Waals surface area contributed by atoms with E-state index in [0.717, 1.165) is 12.8 Å². The number of hydrogen-bond acceptors (Lipinski definition) is 3. The van der Waals surface area contributed by atoms with Gasteiger partial charge in [0.25, 0.3) is 0 Å². The van der Waals surface area contributed by atoms with Crippen molar-refractivity contribution >= 4 is 11.6 Å².